The van der Waals surface area contributed by atoms with Crippen LogP contribution in [0.1, 0.15) is 50.0 Å². The molecule has 3 atom stereocenters. The monoisotopic (exact) mass is 471 g/mol. The highest BCUT2D eigenvalue weighted by molar-refractivity contribution is 5.95. The molecular formula is C30H33NO4. The van der Waals surface area contributed by atoms with Crippen molar-refractivity contribution in [3.63, 3.8) is 0 Å². The third-order valence-electron chi connectivity index (χ3n) is 7.19. The van der Waals surface area contributed by atoms with Crippen molar-refractivity contribution in [3.8, 4) is 23.0 Å². The first-order valence-electron chi connectivity index (χ1n) is 12.4. The summed E-state index contributed by atoms with van der Waals surface area (Å²) in [5.74, 6) is 2.73. The van der Waals surface area contributed by atoms with E-state index in [1.165, 1.54) is 6.42 Å². The second kappa shape index (κ2) is 9.67. The van der Waals surface area contributed by atoms with Crippen molar-refractivity contribution in [2.45, 2.75) is 39.3 Å². The highest BCUT2D eigenvalue weighted by atomic mass is 16.5. The van der Waals surface area contributed by atoms with Crippen molar-refractivity contribution < 1.29 is 19.7 Å². The molecule has 2 N–H and O–H groups in total. The third kappa shape index (κ3) is 4.87. The first-order valence-corrected chi connectivity index (χ1v) is 12.4. The summed E-state index contributed by atoms with van der Waals surface area (Å²) in [5.41, 5.74) is 4.70. The molecule has 3 aromatic rings. The summed E-state index contributed by atoms with van der Waals surface area (Å²) in [7, 11) is 0. The standard InChI is InChI=1S/C30H33NO4/c1-19-13-14-31(17-19)20(2)18-34-26-10-7-22(8-11-26)30-29(23-5-4-6-24(32)15-23)21(3)27-16-25(33)9-12-28(27)35-30/h4-12,15-16,19-20,30,32-33H,13-14,17-18H2,1-3H3. The number of hydrogen-bond acceptors (Lipinski definition) is 5. The van der Waals surface area contributed by atoms with Crippen LogP contribution in [-0.2, 0) is 0 Å². The summed E-state index contributed by atoms with van der Waals surface area (Å²) >= 11 is 0. The number of phenols is 2. The molecule has 1 fully saturated rings. The molecule has 0 radical (unpaired) electrons. The Morgan fingerprint density at radius 2 is 1.80 bits per heavy atom. The lowest BCUT2D eigenvalue weighted by Crippen LogP contribution is -2.35. The fourth-order valence-corrected chi connectivity index (χ4v) is 5.15. The maximum absolute atomic E-state index is 10.1. The lowest BCUT2D eigenvalue weighted by Gasteiger charge is -2.31. The van der Waals surface area contributed by atoms with Crippen molar-refractivity contribution in [1.82, 2.24) is 4.90 Å². The molecule has 5 nitrogen and oxygen atoms in total. The van der Waals surface area contributed by atoms with Crippen LogP contribution in [0.25, 0.3) is 11.1 Å². The van der Waals surface area contributed by atoms with Gasteiger partial charge in [0.25, 0.3) is 0 Å². The van der Waals surface area contributed by atoms with E-state index in [0.29, 0.717) is 12.6 Å². The highest BCUT2D eigenvalue weighted by Gasteiger charge is 2.30. The molecule has 5 rings (SSSR count). The summed E-state index contributed by atoms with van der Waals surface area (Å²) in [6.45, 7) is 9.52. The minimum absolute atomic E-state index is 0.194. The van der Waals surface area contributed by atoms with Gasteiger partial charge in [-0.15, -0.1) is 0 Å². The Kier molecular flexibility index (Phi) is 6.44. The molecule has 0 spiro atoms. The molecule has 5 heteroatoms. The van der Waals surface area contributed by atoms with Crippen LogP contribution < -0.4 is 9.47 Å². The molecule has 1 saturated heterocycles. The molecule has 0 amide bonds. The van der Waals surface area contributed by atoms with Crippen molar-refractivity contribution in [2.75, 3.05) is 19.7 Å². The Morgan fingerprint density at radius 1 is 1.03 bits per heavy atom. The topological polar surface area (TPSA) is 62.2 Å². The van der Waals surface area contributed by atoms with Crippen LogP contribution in [0, 0.1) is 5.92 Å². The van der Waals surface area contributed by atoms with Crippen LogP contribution in [0.3, 0.4) is 0 Å². The first-order chi connectivity index (χ1) is 16.9. The molecule has 35 heavy (non-hydrogen) atoms. The molecule has 0 bridgehead atoms. The van der Waals surface area contributed by atoms with Gasteiger partial charge in [-0.3, -0.25) is 4.90 Å². The number of fused-ring (bicyclic) bond motifs is 1. The van der Waals surface area contributed by atoms with Gasteiger partial charge < -0.3 is 19.7 Å². The Morgan fingerprint density at radius 3 is 2.51 bits per heavy atom. The van der Waals surface area contributed by atoms with E-state index in [2.05, 4.69) is 18.7 Å². The number of hydrogen-bond donors (Lipinski definition) is 2. The van der Waals surface area contributed by atoms with E-state index in [-0.39, 0.29) is 17.6 Å². The Balaban J connectivity index is 1.41. The quantitative estimate of drug-likeness (QED) is 0.444. The van der Waals surface area contributed by atoms with Crippen LogP contribution in [0.15, 0.2) is 66.7 Å². The molecule has 0 aliphatic carbocycles. The lowest BCUT2D eigenvalue weighted by molar-refractivity contribution is 0.169. The minimum atomic E-state index is -0.354. The van der Waals surface area contributed by atoms with E-state index >= 15 is 0 Å². The zero-order valence-electron chi connectivity index (χ0n) is 20.6. The van der Waals surface area contributed by atoms with Crippen LogP contribution >= 0.6 is 0 Å². The number of ether oxygens (including phenoxy) is 2. The number of phenolic OH excluding ortho intramolecular Hbond substituents is 2. The van der Waals surface area contributed by atoms with E-state index in [4.69, 9.17) is 9.47 Å². The molecule has 3 aromatic carbocycles. The van der Waals surface area contributed by atoms with Crippen LogP contribution in [0.4, 0.5) is 0 Å². The molecule has 2 aliphatic rings. The normalized spacial score (nSPS) is 20.9. The minimum Gasteiger partial charge on any atom is -0.508 e. The summed E-state index contributed by atoms with van der Waals surface area (Å²) in [4.78, 5) is 2.50. The average molecular weight is 472 g/mol. The predicted octanol–water partition coefficient (Wildman–Crippen LogP) is 6.27. The lowest BCUT2D eigenvalue weighted by atomic mass is 9.86. The van der Waals surface area contributed by atoms with Gasteiger partial charge in [-0.25, -0.2) is 0 Å². The maximum Gasteiger partial charge on any atom is 0.150 e. The zero-order valence-corrected chi connectivity index (χ0v) is 20.6. The summed E-state index contributed by atoms with van der Waals surface area (Å²) < 4.78 is 12.6. The van der Waals surface area contributed by atoms with Gasteiger partial charge in [0.15, 0.2) is 0 Å². The van der Waals surface area contributed by atoms with Gasteiger partial charge in [0.05, 0.1) is 0 Å². The number of likely N-dealkylation sites (tertiary alicyclic amines) is 1. The number of rotatable bonds is 6. The molecular weight excluding hydrogens is 438 g/mol. The Hall–Kier alpha value is -3.44. The van der Waals surface area contributed by atoms with Gasteiger partial charge in [0.1, 0.15) is 35.7 Å². The van der Waals surface area contributed by atoms with Crippen molar-refractivity contribution in [1.29, 1.82) is 0 Å². The van der Waals surface area contributed by atoms with Gasteiger partial charge in [0, 0.05) is 23.7 Å². The fourth-order valence-electron chi connectivity index (χ4n) is 5.15. The van der Waals surface area contributed by atoms with E-state index < -0.39 is 0 Å². The number of aromatic hydroxyl groups is 2. The molecule has 3 unspecified atom stereocenters. The van der Waals surface area contributed by atoms with E-state index in [0.717, 1.165) is 58.3 Å². The smallest absolute Gasteiger partial charge is 0.150 e. The highest BCUT2D eigenvalue weighted by Crippen LogP contribution is 2.47. The Labute approximate surface area is 207 Å². The van der Waals surface area contributed by atoms with Gasteiger partial charge in [0.2, 0.25) is 0 Å². The SMILES string of the molecule is CC1=C(c2cccc(O)c2)C(c2ccc(OCC(C)N3CCC(C)C3)cc2)Oc2ccc(O)cc21. The third-order valence-corrected chi connectivity index (χ3v) is 7.19. The van der Waals surface area contributed by atoms with E-state index in [1.54, 1.807) is 30.3 Å². The van der Waals surface area contributed by atoms with Gasteiger partial charge in [-0.1, -0.05) is 31.2 Å². The molecule has 2 aliphatic heterocycles. The number of benzene rings is 3. The molecule has 0 aromatic heterocycles. The van der Waals surface area contributed by atoms with Crippen LogP contribution in [0.5, 0.6) is 23.0 Å². The maximum atomic E-state index is 10.1. The fraction of sp³-hybridized carbons (Fsp3) is 0.333. The van der Waals surface area contributed by atoms with Crippen molar-refractivity contribution >= 4 is 11.1 Å². The molecule has 0 saturated carbocycles. The van der Waals surface area contributed by atoms with Crippen molar-refractivity contribution in [3.05, 3.63) is 83.4 Å². The van der Waals surface area contributed by atoms with Crippen LogP contribution in [-0.4, -0.2) is 40.9 Å². The summed E-state index contributed by atoms with van der Waals surface area (Å²) in [6.07, 6.45) is 0.908. The van der Waals surface area contributed by atoms with E-state index in [1.807, 2.05) is 43.3 Å². The second-order valence-electron chi connectivity index (χ2n) is 9.89. The van der Waals surface area contributed by atoms with Crippen LogP contribution in [0.2, 0.25) is 0 Å². The summed E-state index contributed by atoms with van der Waals surface area (Å²) in [5, 5.41) is 20.2. The molecule has 182 valence electrons. The first kappa shape index (κ1) is 23.3. The summed E-state index contributed by atoms with van der Waals surface area (Å²) in [6, 6.07) is 20.9. The number of nitrogens with zero attached hydrogens (tertiary/aromatic N) is 1. The van der Waals surface area contributed by atoms with Gasteiger partial charge >= 0.3 is 0 Å². The van der Waals surface area contributed by atoms with Gasteiger partial charge in [-0.2, -0.15) is 0 Å². The second-order valence-corrected chi connectivity index (χ2v) is 9.89. The Bertz CT molecular complexity index is 1230. The van der Waals surface area contributed by atoms with Crippen molar-refractivity contribution in [2.24, 2.45) is 5.92 Å². The van der Waals surface area contributed by atoms with E-state index in [9.17, 15) is 10.2 Å². The average Bonchev–Trinajstić information content (AvgIpc) is 3.29. The number of allylic oxidation sites excluding steroid dienone is 1. The molecule has 2 heterocycles. The zero-order chi connectivity index (χ0) is 24.5. The van der Waals surface area contributed by atoms with Gasteiger partial charge in [-0.05, 0) is 91.9 Å². The largest absolute Gasteiger partial charge is 0.508 e. The predicted molar refractivity (Wildman–Crippen MR) is 139 cm³/mol.